The molecule has 0 fully saturated rings. The number of benzene rings is 1. The van der Waals surface area contributed by atoms with Crippen LogP contribution in [0.25, 0.3) is 0 Å². The van der Waals surface area contributed by atoms with Crippen molar-refractivity contribution in [2.24, 2.45) is 0 Å². The Morgan fingerprint density at radius 2 is 2.24 bits per heavy atom. The Hall–Kier alpha value is -2.55. The Morgan fingerprint density at radius 3 is 3.04 bits per heavy atom. The third-order valence-corrected chi connectivity index (χ3v) is 4.70. The second-order valence-corrected chi connectivity index (χ2v) is 6.52. The van der Waals surface area contributed by atoms with E-state index in [1.54, 1.807) is 22.8 Å². The molecule has 0 saturated heterocycles. The zero-order chi connectivity index (χ0) is 17.8. The first-order chi connectivity index (χ1) is 12.1. The van der Waals surface area contributed by atoms with E-state index < -0.39 is 0 Å². The smallest absolute Gasteiger partial charge is 0.343 e. The molecule has 2 N–H and O–H groups in total. The van der Waals surface area contributed by atoms with Crippen LogP contribution in [0.1, 0.15) is 30.1 Å². The van der Waals surface area contributed by atoms with Crippen molar-refractivity contribution >= 4 is 29.1 Å². The summed E-state index contributed by atoms with van der Waals surface area (Å²) in [6.07, 6.45) is 1.83. The van der Waals surface area contributed by atoms with Crippen LogP contribution in [-0.2, 0) is 11.3 Å². The Kier molecular flexibility index (Phi) is 5.22. The van der Waals surface area contributed by atoms with Gasteiger partial charge in [-0.05, 0) is 24.6 Å². The number of Topliss-reactive ketones (excluding diaryl/α,β-unsaturated/α-hetero) is 1. The van der Waals surface area contributed by atoms with Crippen LogP contribution in [0.15, 0.2) is 28.2 Å². The number of carbonyl (C=O) groups is 2. The van der Waals surface area contributed by atoms with Crippen molar-refractivity contribution in [3.8, 4) is 5.75 Å². The minimum absolute atomic E-state index is 0.0232. The van der Waals surface area contributed by atoms with Crippen molar-refractivity contribution in [3.63, 3.8) is 0 Å². The predicted molar refractivity (Wildman–Crippen MR) is 93.4 cm³/mol. The largest absolute Gasteiger partial charge is 0.482 e. The summed E-state index contributed by atoms with van der Waals surface area (Å²) in [7, 11) is 0. The maximum Gasteiger partial charge on any atom is 0.343 e. The van der Waals surface area contributed by atoms with E-state index in [0.29, 0.717) is 28.7 Å². The highest BCUT2D eigenvalue weighted by molar-refractivity contribution is 7.99. The lowest BCUT2D eigenvalue weighted by Crippen LogP contribution is -2.25. The summed E-state index contributed by atoms with van der Waals surface area (Å²) in [4.78, 5) is 35.5. The summed E-state index contributed by atoms with van der Waals surface area (Å²) in [5.41, 5.74) is 0.693. The number of nitrogens with one attached hydrogen (secondary N) is 2. The number of hydrogen-bond donors (Lipinski definition) is 2. The lowest BCUT2D eigenvalue weighted by molar-refractivity contribution is -0.118. The minimum atomic E-state index is -0.267. The molecule has 1 aromatic carbocycles. The van der Waals surface area contributed by atoms with Crippen LogP contribution in [0.4, 0.5) is 5.69 Å². The molecule has 1 aromatic heterocycles. The van der Waals surface area contributed by atoms with E-state index in [2.05, 4.69) is 15.5 Å². The van der Waals surface area contributed by atoms with Crippen LogP contribution in [0, 0.1) is 0 Å². The number of aromatic nitrogens is 3. The van der Waals surface area contributed by atoms with Crippen molar-refractivity contribution in [2.45, 2.75) is 31.5 Å². The molecule has 1 amide bonds. The number of nitrogens with zero attached hydrogens (tertiary/aromatic N) is 2. The molecule has 1 aliphatic heterocycles. The van der Waals surface area contributed by atoms with Gasteiger partial charge in [0.05, 0.1) is 11.4 Å². The topological polar surface area (TPSA) is 106 Å². The fourth-order valence-corrected chi connectivity index (χ4v) is 3.26. The van der Waals surface area contributed by atoms with Crippen molar-refractivity contribution in [2.75, 3.05) is 17.7 Å². The van der Waals surface area contributed by atoms with Crippen LogP contribution in [0.3, 0.4) is 0 Å². The molecule has 2 heterocycles. The van der Waals surface area contributed by atoms with Gasteiger partial charge in [0, 0.05) is 12.1 Å². The summed E-state index contributed by atoms with van der Waals surface area (Å²) >= 11 is 1.21. The van der Waals surface area contributed by atoms with Gasteiger partial charge in [0.25, 0.3) is 5.91 Å². The first kappa shape index (κ1) is 17.3. The van der Waals surface area contributed by atoms with Gasteiger partial charge in [-0.2, -0.15) is 0 Å². The molecule has 0 saturated carbocycles. The SMILES string of the molecule is CCCCn1c(SCC(=O)c2ccc3c(c2)NC(=O)CO3)n[nH]c1=O. The number of thioether (sulfide) groups is 1. The van der Waals surface area contributed by atoms with E-state index in [9.17, 15) is 14.4 Å². The van der Waals surface area contributed by atoms with E-state index in [0.717, 1.165) is 12.8 Å². The average molecular weight is 362 g/mol. The Labute approximate surface area is 148 Å². The van der Waals surface area contributed by atoms with Gasteiger partial charge in [0.1, 0.15) is 5.75 Å². The zero-order valence-corrected chi connectivity index (χ0v) is 14.5. The fraction of sp³-hybridized carbons (Fsp3) is 0.375. The summed E-state index contributed by atoms with van der Waals surface area (Å²) in [6, 6.07) is 4.93. The fourth-order valence-electron chi connectivity index (χ4n) is 2.40. The van der Waals surface area contributed by atoms with Crippen LogP contribution < -0.4 is 15.7 Å². The van der Waals surface area contributed by atoms with Crippen LogP contribution >= 0.6 is 11.8 Å². The van der Waals surface area contributed by atoms with Crippen LogP contribution in [0.5, 0.6) is 5.75 Å². The average Bonchev–Trinajstić information content (AvgIpc) is 2.96. The molecule has 1 aliphatic rings. The third-order valence-electron chi connectivity index (χ3n) is 3.73. The normalized spacial score (nSPS) is 13.1. The molecule has 8 nitrogen and oxygen atoms in total. The van der Waals surface area contributed by atoms with Crippen LogP contribution in [0.2, 0.25) is 0 Å². The molecule has 9 heteroatoms. The molecule has 2 aromatic rings. The highest BCUT2D eigenvalue weighted by Gasteiger charge is 2.18. The number of H-pyrrole nitrogens is 1. The van der Waals surface area contributed by atoms with E-state index >= 15 is 0 Å². The molecular weight excluding hydrogens is 344 g/mol. The van der Waals surface area contributed by atoms with Crippen molar-refractivity contribution in [3.05, 3.63) is 34.2 Å². The van der Waals surface area contributed by atoms with E-state index in [-0.39, 0.29) is 29.7 Å². The molecule has 0 spiro atoms. The van der Waals surface area contributed by atoms with Gasteiger partial charge in [-0.3, -0.25) is 14.2 Å². The molecule has 0 aliphatic carbocycles. The van der Waals surface area contributed by atoms with E-state index in [1.807, 2.05) is 6.92 Å². The van der Waals surface area contributed by atoms with Gasteiger partial charge >= 0.3 is 5.69 Å². The van der Waals surface area contributed by atoms with Gasteiger partial charge in [0.2, 0.25) is 0 Å². The van der Waals surface area contributed by atoms with Crippen molar-refractivity contribution < 1.29 is 14.3 Å². The summed E-state index contributed by atoms with van der Waals surface area (Å²) in [5, 5.41) is 9.57. The summed E-state index contributed by atoms with van der Waals surface area (Å²) in [6.45, 7) is 2.59. The van der Waals surface area contributed by atoms with Gasteiger partial charge < -0.3 is 10.1 Å². The predicted octanol–water partition coefficient (Wildman–Crippen LogP) is 1.68. The number of aromatic amines is 1. The number of fused-ring (bicyclic) bond motifs is 1. The van der Waals surface area contributed by atoms with Gasteiger partial charge in [-0.15, -0.1) is 5.10 Å². The summed E-state index contributed by atoms with van der Waals surface area (Å²) < 4.78 is 6.82. The molecule has 0 unspecified atom stereocenters. The Balaban J connectivity index is 1.68. The minimum Gasteiger partial charge on any atom is -0.482 e. The number of unbranched alkanes of at least 4 members (excludes halogenated alkanes) is 1. The van der Waals surface area contributed by atoms with Gasteiger partial charge in [0.15, 0.2) is 17.5 Å². The number of rotatable bonds is 7. The molecular formula is C16H18N4O4S. The van der Waals surface area contributed by atoms with Crippen molar-refractivity contribution in [1.82, 2.24) is 14.8 Å². The number of hydrogen-bond acceptors (Lipinski definition) is 6. The number of ether oxygens (including phenoxy) is 1. The second-order valence-electron chi connectivity index (χ2n) is 5.58. The van der Waals surface area contributed by atoms with Crippen molar-refractivity contribution in [1.29, 1.82) is 0 Å². The highest BCUT2D eigenvalue weighted by atomic mass is 32.2. The zero-order valence-electron chi connectivity index (χ0n) is 13.7. The lowest BCUT2D eigenvalue weighted by atomic mass is 10.1. The molecule has 0 bridgehead atoms. The van der Waals surface area contributed by atoms with E-state index in [1.165, 1.54) is 11.8 Å². The Bertz CT molecular complexity index is 858. The molecule has 3 rings (SSSR count). The standard InChI is InChI=1S/C16H18N4O4S/c1-2-3-6-20-15(23)18-19-16(20)25-9-12(21)10-4-5-13-11(7-10)17-14(22)8-24-13/h4-5,7H,2-3,6,8-9H2,1H3,(H,17,22)(H,18,23). The molecule has 132 valence electrons. The highest BCUT2D eigenvalue weighted by Crippen LogP contribution is 2.29. The summed E-state index contributed by atoms with van der Waals surface area (Å²) in [5.74, 6) is 0.321. The molecule has 25 heavy (non-hydrogen) atoms. The monoisotopic (exact) mass is 362 g/mol. The second kappa shape index (κ2) is 7.56. The number of carbonyl (C=O) groups excluding carboxylic acids is 2. The van der Waals surface area contributed by atoms with E-state index in [4.69, 9.17) is 4.74 Å². The first-order valence-corrected chi connectivity index (χ1v) is 8.95. The maximum atomic E-state index is 12.4. The number of ketones is 1. The molecule has 0 atom stereocenters. The maximum absolute atomic E-state index is 12.4. The third kappa shape index (κ3) is 3.93. The lowest BCUT2D eigenvalue weighted by Gasteiger charge is -2.18. The Morgan fingerprint density at radius 1 is 1.40 bits per heavy atom. The number of anilines is 1. The molecule has 0 radical (unpaired) electrons. The van der Waals surface area contributed by atoms with Gasteiger partial charge in [-0.1, -0.05) is 25.1 Å². The van der Waals surface area contributed by atoms with Crippen LogP contribution in [-0.4, -0.2) is 38.8 Å². The van der Waals surface area contributed by atoms with Gasteiger partial charge in [-0.25, -0.2) is 9.89 Å². The first-order valence-electron chi connectivity index (χ1n) is 7.96. The quantitative estimate of drug-likeness (QED) is 0.573. The number of amides is 1.